The summed E-state index contributed by atoms with van der Waals surface area (Å²) in [5, 5.41) is 0.935. The van der Waals surface area contributed by atoms with Crippen LogP contribution in [0.3, 0.4) is 0 Å². The van der Waals surface area contributed by atoms with E-state index >= 15 is 0 Å². The molecular weight excluding hydrogens is 206 g/mol. The third kappa shape index (κ3) is 1.63. The standard InChI is InChI=1S/C11H13N3O2/c1-8-5-14(2-3-16-8)11-12-4-9-6-15-7-10(9)13-11/h4,6-8H,2-3,5H2,1H3. The Hall–Kier alpha value is -1.62. The normalized spacial score (nSPS) is 21.6. The molecule has 3 heterocycles. The highest BCUT2D eigenvalue weighted by molar-refractivity contribution is 5.76. The second-order valence-electron chi connectivity index (χ2n) is 4.01. The second-order valence-corrected chi connectivity index (χ2v) is 4.01. The van der Waals surface area contributed by atoms with Gasteiger partial charge in [0.1, 0.15) is 18.0 Å². The van der Waals surface area contributed by atoms with E-state index in [-0.39, 0.29) is 6.10 Å². The van der Waals surface area contributed by atoms with E-state index in [1.807, 2.05) is 0 Å². The van der Waals surface area contributed by atoms with Crippen molar-refractivity contribution in [1.29, 1.82) is 0 Å². The first kappa shape index (κ1) is 9.59. The van der Waals surface area contributed by atoms with Crippen LogP contribution in [0, 0.1) is 0 Å². The molecule has 1 aliphatic rings. The van der Waals surface area contributed by atoms with Crippen LogP contribution < -0.4 is 4.90 Å². The van der Waals surface area contributed by atoms with Crippen LogP contribution in [0.25, 0.3) is 10.9 Å². The fourth-order valence-corrected chi connectivity index (χ4v) is 1.90. The third-order valence-electron chi connectivity index (χ3n) is 2.73. The summed E-state index contributed by atoms with van der Waals surface area (Å²) in [5.41, 5.74) is 0.851. The molecule has 0 aromatic carbocycles. The quantitative estimate of drug-likeness (QED) is 0.726. The zero-order chi connectivity index (χ0) is 11.0. The maximum Gasteiger partial charge on any atom is 0.226 e. The molecule has 2 aromatic rings. The summed E-state index contributed by atoms with van der Waals surface area (Å²) in [5.74, 6) is 0.754. The summed E-state index contributed by atoms with van der Waals surface area (Å²) >= 11 is 0. The summed E-state index contributed by atoms with van der Waals surface area (Å²) in [6.45, 7) is 4.47. The van der Waals surface area contributed by atoms with E-state index in [4.69, 9.17) is 9.15 Å². The molecule has 3 rings (SSSR count). The third-order valence-corrected chi connectivity index (χ3v) is 2.73. The van der Waals surface area contributed by atoms with E-state index in [1.165, 1.54) is 0 Å². The largest absolute Gasteiger partial charge is 0.470 e. The number of hydrogen-bond acceptors (Lipinski definition) is 5. The molecule has 0 N–H and O–H groups in total. The molecule has 1 aliphatic heterocycles. The number of furan rings is 1. The van der Waals surface area contributed by atoms with Crippen LogP contribution in [0.4, 0.5) is 5.95 Å². The molecule has 0 radical (unpaired) electrons. The lowest BCUT2D eigenvalue weighted by atomic mass is 10.3. The van der Waals surface area contributed by atoms with Crippen molar-refractivity contribution >= 4 is 16.9 Å². The molecule has 84 valence electrons. The van der Waals surface area contributed by atoms with Crippen molar-refractivity contribution in [3.8, 4) is 0 Å². The maximum absolute atomic E-state index is 5.49. The lowest BCUT2D eigenvalue weighted by Crippen LogP contribution is -2.41. The first-order valence-electron chi connectivity index (χ1n) is 5.38. The molecule has 1 atom stereocenters. The Bertz CT molecular complexity index is 497. The monoisotopic (exact) mass is 219 g/mol. The van der Waals surface area contributed by atoms with Crippen LogP contribution in [0.1, 0.15) is 6.92 Å². The van der Waals surface area contributed by atoms with Gasteiger partial charge in [-0.25, -0.2) is 9.97 Å². The molecule has 5 heteroatoms. The molecule has 1 unspecified atom stereocenters. The van der Waals surface area contributed by atoms with Crippen molar-refractivity contribution in [2.24, 2.45) is 0 Å². The van der Waals surface area contributed by atoms with Gasteiger partial charge in [0.2, 0.25) is 5.95 Å². The summed E-state index contributed by atoms with van der Waals surface area (Å²) in [7, 11) is 0. The highest BCUT2D eigenvalue weighted by atomic mass is 16.5. The van der Waals surface area contributed by atoms with Gasteiger partial charge in [-0.2, -0.15) is 0 Å². The van der Waals surface area contributed by atoms with Gasteiger partial charge in [-0.3, -0.25) is 0 Å². The van der Waals surface area contributed by atoms with Gasteiger partial charge in [0, 0.05) is 19.3 Å². The van der Waals surface area contributed by atoms with Gasteiger partial charge >= 0.3 is 0 Å². The first-order chi connectivity index (χ1) is 7.83. The summed E-state index contributed by atoms with van der Waals surface area (Å²) in [4.78, 5) is 10.9. The highest BCUT2D eigenvalue weighted by Crippen LogP contribution is 2.17. The van der Waals surface area contributed by atoms with Crippen LogP contribution in [-0.2, 0) is 4.74 Å². The van der Waals surface area contributed by atoms with Crippen molar-refractivity contribution in [1.82, 2.24) is 9.97 Å². The highest BCUT2D eigenvalue weighted by Gasteiger charge is 2.19. The van der Waals surface area contributed by atoms with E-state index < -0.39 is 0 Å². The molecule has 5 nitrogen and oxygen atoms in total. The molecular formula is C11H13N3O2. The van der Waals surface area contributed by atoms with Crippen molar-refractivity contribution in [2.45, 2.75) is 13.0 Å². The summed E-state index contributed by atoms with van der Waals surface area (Å²) < 4.78 is 10.6. The fraction of sp³-hybridized carbons (Fsp3) is 0.455. The van der Waals surface area contributed by atoms with Crippen molar-refractivity contribution in [3.05, 3.63) is 18.7 Å². The second kappa shape index (κ2) is 3.75. The zero-order valence-corrected chi connectivity index (χ0v) is 9.09. The molecule has 0 aliphatic carbocycles. The van der Waals surface area contributed by atoms with E-state index in [2.05, 4.69) is 21.8 Å². The SMILES string of the molecule is CC1CN(c2ncc3cocc3n2)CCO1. The summed E-state index contributed by atoms with van der Waals surface area (Å²) in [6.07, 6.45) is 5.32. The molecule has 16 heavy (non-hydrogen) atoms. The Morgan fingerprint density at radius 2 is 2.38 bits per heavy atom. The number of fused-ring (bicyclic) bond motifs is 1. The van der Waals surface area contributed by atoms with Gasteiger partial charge in [0.15, 0.2) is 0 Å². The van der Waals surface area contributed by atoms with Crippen molar-refractivity contribution in [3.63, 3.8) is 0 Å². The van der Waals surface area contributed by atoms with Gasteiger partial charge in [-0.05, 0) is 6.92 Å². The predicted molar refractivity (Wildman–Crippen MR) is 59.4 cm³/mol. The van der Waals surface area contributed by atoms with Crippen LogP contribution in [0.2, 0.25) is 0 Å². The number of morpholine rings is 1. The van der Waals surface area contributed by atoms with E-state index in [1.54, 1.807) is 18.7 Å². The van der Waals surface area contributed by atoms with Gasteiger partial charge < -0.3 is 14.1 Å². The predicted octanol–water partition coefficient (Wildman–Crippen LogP) is 1.45. The number of ether oxygens (including phenoxy) is 1. The summed E-state index contributed by atoms with van der Waals surface area (Å²) in [6, 6.07) is 0. The Kier molecular flexibility index (Phi) is 2.25. The Balaban J connectivity index is 1.92. The van der Waals surface area contributed by atoms with Crippen LogP contribution in [0.15, 0.2) is 23.1 Å². The Morgan fingerprint density at radius 1 is 1.44 bits per heavy atom. The Morgan fingerprint density at radius 3 is 3.25 bits per heavy atom. The molecule has 2 aromatic heterocycles. The number of nitrogens with zero attached hydrogens (tertiary/aromatic N) is 3. The number of hydrogen-bond donors (Lipinski definition) is 0. The van der Waals surface area contributed by atoms with Crippen LogP contribution in [-0.4, -0.2) is 35.8 Å². The number of aromatic nitrogens is 2. The molecule has 0 saturated carbocycles. The van der Waals surface area contributed by atoms with Gasteiger partial charge in [0.25, 0.3) is 0 Å². The van der Waals surface area contributed by atoms with E-state index in [0.29, 0.717) is 0 Å². The van der Waals surface area contributed by atoms with Crippen molar-refractivity contribution in [2.75, 3.05) is 24.6 Å². The number of rotatable bonds is 1. The maximum atomic E-state index is 5.49. The van der Waals surface area contributed by atoms with Crippen molar-refractivity contribution < 1.29 is 9.15 Å². The fourth-order valence-electron chi connectivity index (χ4n) is 1.90. The lowest BCUT2D eigenvalue weighted by molar-refractivity contribution is 0.0526. The number of anilines is 1. The van der Waals surface area contributed by atoms with Gasteiger partial charge in [-0.1, -0.05) is 0 Å². The topological polar surface area (TPSA) is 51.4 Å². The molecule has 0 amide bonds. The molecule has 0 spiro atoms. The van der Waals surface area contributed by atoms with Gasteiger partial charge in [-0.15, -0.1) is 0 Å². The average Bonchev–Trinajstić information content (AvgIpc) is 2.75. The minimum atomic E-state index is 0.234. The molecule has 1 fully saturated rings. The van der Waals surface area contributed by atoms with Crippen LogP contribution >= 0.6 is 0 Å². The van der Waals surface area contributed by atoms with E-state index in [0.717, 1.165) is 36.5 Å². The zero-order valence-electron chi connectivity index (χ0n) is 9.09. The Labute approximate surface area is 93.0 Å². The van der Waals surface area contributed by atoms with Gasteiger partial charge in [0.05, 0.1) is 18.1 Å². The minimum absolute atomic E-state index is 0.234. The molecule has 0 bridgehead atoms. The first-order valence-corrected chi connectivity index (χ1v) is 5.38. The average molecular weight is 219 g/mol. The minimum Gasteiger partial charge on any atom is -0.470 e. The van der Waals surface area contributed by atoms with E-state index in [9.17, 15) is 0 Å². The smallest absolute Gasteiger partial charge is 0.226 e. The van der Waals surface area contributed by atoms with Crippen LogP contribution in [0.5, 0.6) is 0 Å². The lowest BCUT2D eigenvalue weighted by Gasteiger charge is -2.30. The molecule has 1 saturated heterocycles.